The molecule has 1 amide bonds. The molecule has 166 valence electrons. The number of hydrogen-bond donors (Lipinski definition) is 1. The predicted molar refractivity (Wildman–Crippen MR) is 124 cm³/mol. The van der Waals surface area contributed by atoms with Crippen molar-refractivity contribution in [3.8, 4) is 34.1 Å². The van der Waals surface area contributed by atoms with E-state index in [-0.39, 0.29) is 12.5 Å². The zero-order chi connectivity index (χ0) is 23.2. The number of amides is 1. The highest BCUT2D eigenvalue weighted by molar-refractivity contribution is 6.30. The first-order valence-corrected chi connectivity index (χ1v) is 10.3. The fourth-order valence-corrected chi connectivity index (χ4v) is 3.39. The molecule has 0 aromatic carbocycles. The molecule has 0 aliphatic carbocycles. The number of carbonyl (C=O) groups is 1. The van der Waals surface area contributed by atoms with Crippen LogP contribution in [0.25, 0.3) is 22.5 Å². The molecule has 0 aliphatic heterocycles. The van der Waals surface area contributed by atoms with E-state index in [1.54, 1.807) is 61.3 Å². The van der Waals surface area contributed by atoms with Crippen molar-refractivity contribution in [1.82, 2.24) is 25.3 Å². The number of halogens is 1. The summed E-state index contributed by atoms with van der Waals surface area (Å²) in [6.07, 6.45) is 8.16. The fraction of sp³-hybridized carbons (Fsp3) is 0.125. The van der Waals surface area contributed by atoms with Crippen LogP contribution in [0.5, 0.6) is 11.6 Å². The molecule has 33 heavy (non-hydrogen) atoms. The van der Waals surface area contributed by atoms with Gasteiger partial charge >= 0.3 is 0 Å². The smallest absolute Gasteiger partial charge is 0.256 e. The van der Waals surface area contributed by atoms with E-state index in [1.165, 1.54) is 14.2 Å². The molecular weight excluding hydrogens is 442 g/mol. The van der Waals surface area contributed by atoms with E-state index in [4.69, 9.17) is 21.1 Å². The Labute approximate surface area is 195 Å². The van der Waals surface area contributed by atoms with E-state index in [1.807, 2.05) is 6.07 Å². The van der Waals surface area contributed by atoms with Gasteiger partial charge in [-0.15, -0.1) is 0 Å². The maximum Gasteiger partial charge on any atom is 0.256 e. The number of nitrogens with zero attached hydrogens (tertiary/aromatic N) is 4. The first-order valence-electron chi connectivity index (χ1n) is 9.96. The second-order valence-electron chi connectivity index (χ2n) is 6.96. The minimum absolute atomic E-state index is 0.233. The molecule has 0 spiro atoms. The summed E-state index contributed by atoms with van der Waals surface area (Å²) in [5.41, 5.74) is 3.65. The minimum Gasteiger partial charge on any atom is -0.491 e. The topological polar surface area (TPSA) is 99.1 Å². The van der Waals surface area contributed by atoms with Crippen molar-refractivity contribution in [2.75, 3.05) is 14.2 Å². The molecule has 0 aliphatic rings. The first-order chi connectivity index (χ1) is 16.1. The molecule has 0 radical (unpaired) electrons. The van der Waals surface area contributed by atoms with Gasteiger partial charge in [0.15, 0.2) is 5.75 Å². The van der Waals surface area contributed by atoms with E-state index in [2.05, 4.69) is 25.3 Å². The lowest BCUT2D eigenvalue weighted by molar-refractivity contribution is 0.0951. The zero-order valence-corrected chi connectivity index (χ0v) is 18.7. The number of aromatic nitrogens is 4. The van der Waals surface area contributed by atoms with E-state index >= 15 is 0 Å². The average molecular weight is 462 g/mol. The van der Waals surface area contributed by atoms with E-state index in [9.17, 15) is 4.79 Å². The molecule has 8 nitrogen and oxygen atoms in total. The van der Waals surface area contributed by atoms with Crippen LogP contribution >= 0.6 is 11.6 Å². The Morgan fingerprint density at radius 2 is 1.82 bits per heavy atom. The van der Waals surface area contributed by atoms with Gasteiger partial charge in [-0.05, 0) is 35.9 Å². The van der Waals surface area contributed by atoms with Crippen molar-refractivity contribution in [3.05, 3.63) is 83.5 Å². The van der Waals surface area contributed by atoms with Crippen LogP contribution in [0, 0.1) is 0 Å². The Balaban J connectivity index is 1.66. The van der Waals surface area contributed by atoms with Gasteiger partial charge in [-0.1, -0.05) is 17.7 Å². The van der Waals surface area contributed by atoms with Gasteiger partial charge in [0.2, 0.25) is 0 Å². The molecule has 4 rings (SSSR count). The second-order valence-corrected chi connectivity index (χ2v) is 7.40. The Morgan fingerprint density at radius 3 is 2.55 bits per heavy atom. The summed E-state index contributed by atoms with van der Waals surface area (Å²) >= 11 is 6.09. The Bertz CT molecular complexity index is 1280. The van der Waals surface area contributed by atoms with Crippen LogP contribution < -0.4 is 14.8 Å². The number of nitrogens with one attached hydrogen (secondary N) is 1. The first kappa shape index (κ1) is 22.2. The lowest BCUT2D eigenvalue weighted by Crippen LogP contribution is -2.24. The molecule has 4 heterocycles. The highest BCUT2D eigenvalue weighted by Gasteiger charge is 2.17. The molecule has 0 fully saturated rings. The Morgan fingerprint density at radius 1 is 0.970 bits per heavy atom. The number of pyridine rings is 4. The van der Waals surface area contributed by atoms with E-state index < -0.39 is 0 Å². The van der Waals surface area contributed by atoms with Crippen molar-refractivity contribution in [2.45, 2.75) is 6.54 Å². The molecule has 0 unspecified atom stereocenters. The molecule has 0 saturated heterocycles. The predicted octanol–water partition coefficient (Wildman–Crippen LogP) is 4.20. The monoisotopic (exact) mass is 461 g/mol. The van der Waals surface area contributed by atoms with Gasteiger partial charge in [-0.25, -0.2) is 4.98 Å². The van der Waals surface area contributed by atoms with Crippen molar-refractivity contribution in [2.24, 2.45) is 0 Å². The lowest BCUT2D eigenvalue weighted by Gasteiger charge is -2.12. The summed E-state index contributed by atoms with van der Waals surface area (Å²) in [5, 5.41) is 3.41. The summed E-state index contributed by atoms with van der Waals surface area (Å²) in [5.74, 6) is 0.544. The molecule has 0 atom stereocenters. The van der Waals surface area contributed by atoms with Gasteiger partial charge in [0.05, 0.1) is 30.5 Å². The lowest BCUT2D eigenvalue weighted by atomic mass is 10.0. The van der Waals surface area contributed by atoms with Gasteiger partial charge < -0.3 is 14.8 Å². The number of methoxy groups -OCH3 is 2. The van der Waals surface area contributed by atoms with Crippen LogP contribution in [0.1, 0.15) is 15.9 Å². The van der Waals surface area contributed by atoms with Crippen LogP contribution in [-0.2, 0) is 6.54 Å². The SMILES string of the molecule is COc1cc(CNC(=O)c2cc(-c3cncc(Cl)c3)cnc2-c2ccccn2)cnc1OC. The van der Waals surface area contributed by atoms with Gasteiger partial charge in [0.25, 0.3) is 11.8 Å². The molecule has 0 bridgehead atoms. The fourth-order valence-electron chi connectivity index (χ4n) is 3.22. The number of ether oxygens (including phenoxy) is 2. The van der Waals surface area contributed by atoms with Crippen LogP contribution in [0.15, 0.2) is 67.4 Å². The third kappa shape index (κ3) is 5.07. The van der Waals surface area contributed by atoms with Crippen molar-refractivity contribution < 1.29 is 14.3 Å². The average Bonchev–Trinajstić information content (AvgIpc) is 2.87. The number of rotatable bonds is 7. The summed E-state index contributed by atoms with van der Waals surface area (Å²) in [4.78, 5) is 30.5. The van der Waals surface area contributed by atoms with Gasteiger partial charge in [0.1, 0.15) is 5.69 Å². The zero-order valence-electron chi connectivity index (χ0n) is 17.9. The minimum atomic E-state index is -0.310. The van der Waals surface area contributed by atoms with Crippen molar-refractivity contribution in [3.63, 3.8) is 0 Å². The van der Waals surface area contributed by atoms with E-state index in [0.717, 1.165) is 11.1 Å². The van der Waals surface area contributed by atoms with Crippen LogP contribution in [0.2, 0.25) is 5.02 Å². The van der Waals surface area contributed by atoms with Crippen LogP contribution in [0.4, 0.5) is 0 Å². The molecule has 4 aromatic heterocycles. The molecule has 1 N–H and O–H groups in total. The van der Waals surface area contributed by atoms with Gasteiger partial charge in [-0.3, -0.25) is 19.7 Å². The third-order valence-corrected chi connectivity index (χ3v) is 5.03. The quantitative estimate of drug-likeness (QED) is 0.440. The normalized spacial score (nSPS) is 10.5. The van der Waals surface area contributed by atoms with Crippen LogP contribution in [0.3, 0.4) is 0 Å². The molecular formula is C24H20ClN5O3. The van der Waals surface area contributed by atoms with Gasteiger partial charge in [0, 0.05) is 48.7 Å². The van der Waals surface area contributed by atoms with Gasteiger partial charge in [-0.2, -0.15) is 0 Å². The maximum atomic E-state index is 13.2. The highest BCUT2D eigenvalue weighted by Crippen LogP contribution is 2.27. The van der Waals surface area contributed by atoms with E-state index in [0.29, 0.717) is 39.2 Å². The van der Waals surface area contributed by atoms with Crippen LogP contribution in [-0.4, -0.2) is 40.1 Å². The standard InChI is InChI=1S/C24H20ClN5O3/c1-32-21-7-15(11-30-24(21)33-2)10-29-23(31)19-9-17(16-8-18(25)14-26-12-16)13-28-22(19)20-5-3-4-6-27-20/h3-9,11-14H,10H2,1-2H3,(H,29,31). The number of hydrogen-bond acceptors (Lipinski definition) is 7. The summed E-state index contributed by atoms with van der Waals surface area (Å²) in [6, 6.07) is 10.7. The Kier molecular flexibility index (Phi) is 6.75. The second kappa shape index (κ2) is 10.1. The molecule has 0 saturated carbocycles. The highest BCUT2D eigenvalue weighted by atomic mass is 35.5. The summed E-state index contributed by atoms with van der Waals surface area (Å²) < 4.78 is 10.4. The molecule has 9 heteroatoms. The maximum absolute atomic E-state index is 13.2. The summed E-state index contributed by atoms with van der Waals surface area (Å²) in [6.45, 7) is 0.233. The number of carbonyl (C=O) groups excluding carboxylic acids is 1. The molecule has 4 aromatic rings. The third-order valence-electron chi connectivity index (χ3n) is 4.82. The van der Waals surface area contributed by atoms with Crippen molar-refractivity contribution in [1.29, 1.82) is 0 Å². The Hall–Kier alpha value is -4.04. The van der Waals surface area contributed by atoms with Crippen molar-refractivity contribution >= 4 is 17.5 Å². The summed E-state index contributed by atoms with van der Waals surface area (Å²) in [7, 11) is 3.05. The largest absolute Gasteiger partial charge is 0.491 e.